The van der Waals surface area contributed by atoms with Crippen LogP contribution in [0.1, 0.15) is 20.7 Å². The number of carbonyl (C=O) groups is 2. The highest BCUT2D eigenvalue weighted by Gasteiger charge is 2.25. The lowest BCUT2D eigenvalue weighted by atomic mass is 10.1. The average molecular weight is 240 g/mol. The molecule has 0 bridgehead atoms. The molecule has 3 N–H and O–H groups in total. The molecule has 0 aromatic heterocycles. The fourth-order valence-electron chi connectivity index (χ4n) is 1.21. The maximum absolute atomic E-state index is 11.3. The molecule has 0 amide bonds. The minimum Gasteiger partial charge on any atom is -0.478 e. The second-order valence-electron chi connectivity index (χ2n) is 3.01. The van der Waals surface area contributed by atoms with Crippen LogP contribution in [-0.4, -0.2) is 29.1 Å². The molecule has 0 aliphatic rings. The first-order valence-corrected chi connectivity index (χ1v) is 4.28. The standard InChI is InChI=1S/C9H8N2O6/c1-17-9(14)5-2-4(8(12)13)6(10)3-7(5)11(15)16/h2-3H,10H2,1H3,(H,12,13). The Kier molecular flexibility index (Phi) is 3.27. The largest absolute Gasteiger partial charge is 0.478 e. The number of esters is 1. The summed E-state index contributed by atoms with van der Waals surface area (Å²) in [6, 6.07) is 1.64. The molecule has 0 aliphatic heterocycles. The Morgan fingerprint density at radius 3 is 2.41 bits per heavy atom. The fourth-order valence-corrected chi connectivity index (χ4v) is 1.21. The summed E-state index contributed by atoms with van der Waals surface area (Å²) in [5, 5.41) is 19.4. The molecule has 8 nitrogen and oxygen atoms in total. The number of hydrogen-bond acceptors (Lipinski definition) is 6. The Balaban J connectivity index is 3.53. The zero-order valence-corrected chi connectivity index (χ0v) is 8.67. The van der Waals surface area contributed by atoms with Crippen LogP contribution in [0.4, 0.5) is 11.4 Å². The summed E-state index contributed by atoms with van der Waals surface area (Å²) >= 11 is 0. The number of nitrogen functional groups attached to an aromatic ring is 1. The molecule has 90 valence electrons. The summed E-state index contributed by atoms with van der Waals surface area (Å²) in [5.41, 5.74) is 3.59. The number of anilines is 1. The van der Waals surface area contributed by atoms with E-state index in [4.69, 9.17) is 10.8 Å². The normalized spacial score (nSPS) is 9.71. The van der Waals surface area contributed by atoms with Gasteiger partial charge in [0.25, 0.3) is 5.69 Å². The molecule has 1 aromatic carbocycles. The van der Waals surface area contributed by atoms with Crippen molar-refractivity contribution in [2.45, 2.75) is 0 Å². The third-order valence-corrected chi connectivity index (χ3v) is 2.00. The maximum Gasteiger partial charge on any atom is 0.344 e. The monoisotopic (exact) mass is 240 g/mol. The van der Waals surface area contributed by atoms with Gasteiger partial charge in [0.2, 0.25) is 0 Å². The number of benzene rings is 1. The number of carboxylic acids is 1. The number of carboxylic acid groups (broad SMARTS) is 1. The Morgan fingerprint density at radius 2 is 2.00 bits per heavy atom. The van der Waals surface area contributed by atoms with Crippen LogP contribution in [0, 0.1) is 10.1 Å². The van der Waals surface area contributed by atoms with E-state index in [1.807, 2.05) is 0 Å². The number of nitrogens with two attached hydrogens (primary N) is 1. The molecule has 0 radical (unpaired) electrons. The van der Waals surface area contributed by atoms with Crippen molar-refractivity contribution in [1.29, 1.82) is 0 Å². The number of carbonyl (C=O) groups excluding carboxylic acids is 1. The van der Waals surface area contributed by atoms with Gasteiger partial charge in [-0.2, -0.15) is 0 Å². The van der Waals surface area contributed by atoms with Crippen LogP contribution in [0.2, 0.25) is 0 Å². The van der Waals surface area contributed by atoms with Gasteiger partial charge in [-0.25, -0.2) is 9.59 Å². The van der Waals surface area contributed by atoms with Crippen LogP contribution in [0.5, 0.6) is 0 Å². The summed E-state index contributed by atoms with van der Waals surface area (Å²) in [4.78, 5) is 31.9. The van der Waals surface area contributed by atoms with Crippen LogP contribution < -0.4 is 5.73 Å². The third-order valence-electron chi connectivity index (χ3n) is 2.00. The average Bonchev–Trinajstić information content (AvgIpc) is 2.26. The SMILES string of the molecule is COC(=O)c1cc(C(=O)O)c(N)cc1[N+](=O)[O-]. The van der Waals surface area contributed by atoms with E-state index in [-0.39, 0.29) is 5.69 Å². The lowest BCUT2D eigenvalue weighted by molar-refractivity contribution is -0.385. The van der Waals surface area contributed by atoms with E-state index < -0.39 is 33.7 Å². The van der Waals surface area contributed by atoms with E-state index in [2.05, 4.69) is 4.74 Å². The van der Waals surface area contributed by atoms with Crippen LogP contribution in [-0.2, 0) is 4.74 Å². The predicted octanol–water partition coefficient (Wildman–Crippen LogP) is 0.662. The zero-order chi connectivity index (χ0) is 13.2. The molecule has 0 aliphatic carbocycles. The third kappa shape index (κ3) is 2.30. The van der Waals surface area contributed by atoms with Crippen molar-refractivity contribution in [1.82, 2.24) is 0 Å². The van der Waals surface area contributed by atoms with Crippen molar-refractivity contribution >= 4 is 23.3 Å². The maximum atomic E-state index is 11.3. The van der Waals surface area contributed by atoms with Gasteiger partial charge in [-0.15, -0.1) is 0 Å². The number of rotatable bonds is 3. The van der Waals surface area contributed by atoms with E-state index in [1.165, 1.54) is 0 Å². The predicted molar refractivity (Wildman–Crippen MR) is 55.8 cm³/mol. The molecular formula is C9H8N2O6. The smallest absolute Gasteiger partial charge is 0.344 e. The molecule has 0 spiro atoms. The molecule has 0 saturated carbocycles. The second-order valence-corrected chi connectivity index (χ2v) is 3.01. The number of aromatic carboxylic acids is 1. The van der Waals surface area contributed by atoms with E-state index in [1.54, 1.807) is 0 Å². The second kappa shape index (κ2) is 4.47. The van der Waals surface area contributed by atoms with Crippen LogP contribution in [0.25, 0.3) is 0 Å². The van der Waals surface area contributed by atoms with Crippen molar-refractivity contribution in [3.05, 3.63) is 33.4 Å². The molecule has 0 atom stereocenters. The summed E-state index contributed by atoms with van der Waals surface area (Å²) in [7, 11) is 1.03. The first-order chi connectivity index (χ1) is 7.88. The molecule has 17 heavy (non-hydrogen) atoms. The molecule has 1 rings (SSSR count). The summed E-state index contributed by atoms with van der Waals surface area (Å²) in [6.45, 7) is 0. The van der Waals surface area contributed by atoms with Crippen molar-refractivity contribution < 1.29 is 24.4 Å². The summed E-state index contributed by atoms with van der Waals surface area (Å²) < 4.78 is 4.32. The van der Waals surface area contributed by atoms with Crippen molar-refractivity contribution in [3.63, 3.8) is 0 Å². The quantitative estimate of drug-likeness (QED) is 0.343. The van der Waals surface area contributed by atoms with Crippen molar-refractivity contribution in [2.24, 2.45) is 0 Å². The number of nitro groups is 1. The lowest BCUT2D eigenvalue weighted by Crippen LogP contribution is -2.10. The first kappa shape index (κ1) is 12.4. The molecule has 0 fully saturated rings. The van der Waals surface area contributed by atoms with Gasteiger partial charge in [-0.3, -0.25) is 10.1 Å². The van der Waals surface area contributed by atoms with E-state index in [0.717, 1.165) is 19.2 Å². The van der Waals surface area contributed by atoms with Crippen molar-refractivity contribution in [3.8, 4) is 0 Å². The minimum absolute atomic E-state index is 0.295. The highest BCUT2D eigenvalue weighted by molar-refractivity contribution is 6.01. The van der Waals surface area contributed by atoms with Gasteiger partial charge in [-0.05, 0) is 6.07 Å². The fraction of sp³-hybridized carbons (Fsp3) is 0.111. The molecule has 1 aromatic rings. The van der Waals surface area contributed by atoms with Gasteiger partial charge in [0.15, 0.2) is 0 Å². The Hall–Kier alpha value is -2.64. The topological polar surface area (TPSA) is 133 Å². The molecule has 0 unspecified atom stereocenters. The number of nitro benzene ring substituents is 1. The molecular weight excluding hydrogens is 232 g/mol. The number of nitrogens with zero attached hydrogens (tertiary/aromatic N) is 1. The highest BCUT2D eigenvalue weighted by Crippen LogP contribution is 2.26. The van der Waals surface area contributed by atoms with Gasteiger partial charge >= 0.3 is 11.9 Å². The van der Waals surface area contributed by atoms with E-state index >= 15 is 0 Å². The molecule has 0 saturated heterocycles. The van der Waals surface area contributed by atoms with Gasteiger partial charge in [0, 0.05) is 6.07 Å². The van der Waals surface area contributed by atoms with Gasteiger partial charge in [0.1, 0.15) is 5.56 Å². The number of ether oxygens (including phenoxy) is 1. The Bertz CT molecular complexity index is 510. The van der Waals surface area contributed by atoms with Gasteiger partial charge < -0.3 is 15.6 Å². The minimum atomic E-state index is -1.39. The number of hydrogen-bond donors (Lipinski definition) is 2. The zero-order valence-electron chi connectivity index (χ0n) is 8.67. The molecule has 8 heteroatoms. The molecule has 0 heterocycles. The van der Waals surface area contributed by atoms with E-state index in [9.17, 15) is 19.7 Å². The first-order valence-electron chi connectivity index (χ1n) is 4.28. The van der Waals surface area contributed by atoms with Gasteiger partial charge in [0.05, 0.1) is 23.3 Å². The van der Waals surface area contributed by atoms with Crippen LogP contribution >= 0.6 is 0 Å². The Morgan fingerprint density at radius 1 is 1.41 bits per heavy atom. The number of methoxy groups -OCH3 is 1. The van der Waals surface area contributed by atoms with Gasteiger partial charge in [-0.1, -0.05) is 0 Å². The lowest BCUT2D eigenvalue weighted by Gasteiger charge is -2.05. The van der Waals surface area contributed by atoms with Crippen LogP contribution in [0.3, 0.4) is 0 Å². The van der Waals surface area contributed by atoms with E-state index in [0.29, 0.717) is 0 Å². The summed E-state index contributed by atoms with van der Waals surface area (Å²) in [6.07, 6.45) is 0. The van der Waals surface area contributed by atoms with Crippen molar-refractivity contribution in [2.75, 3.05) is 12.8 Å². The Labute approximate surface area is 94.7 Å². The summed E-state index contributed by atoms with van der Waals surface area (Å²) in [5.74, 6) is -2.39. The highest BCUT2D eigenvalue weighted by atomic mass is 16.6. The van der Waals surface area contributed by atoms with Crippen LogP contribution in [0.15, 0.2) is 12.1 Å².